The first-order chi connectivity index (χ1) is 11.6. The zero-order valence-electron chi connectivity index (χ0n) is 15.2. The second-order valence-corrected chi connectivity index (χ2v) is 6.20. The highest BCUT2D eigenvalue weighted by Gasteiger charge is 2.24. The summed E-state index contributed by atoms with van der Waals surface area (Å²) in [5.74, 6) is 2.15. The molecule has 0 aliphatic carbocycles. The third kappa shape index (κ3) is 6.72. The molecule has 0 bridgehead atoms. The zero-order valence-corrected chi connectivity index (χ0v) is 17.6. The van der Waals surface area contributed by atoms with Crippen LogP contribution in [0.15, 0.2) is 29.3 Å². The third-order valence-corrected chi connectivity index (χ3v) is 3.62. The van der Waals surface area contributed by atoms with Gasteiger partial charge >= 0.3 is 0 Å². The maximum Gasteiger partial charge on any atom is 0.265 e. The number of ether oxygens (including phenoxy) is 1. The van der Waals surface area contributed by atoms with Crippen LogP contribution in [-0.4, -0.2) is 44.7 Å². The second kappa shape index (κ2) is 11.2. The maximum absolute atomic E-state index is 12.1. The second-order valence-electron chi connectivity index (χ2n) is 6.20. The summed E-state index contributed by atoms with van der Waals surface area (Å²) in [7, 11) is 0. The lowest BCUT2D eigenvalue weighted by atomic mass is 10.2. The Labute approximate surface area is 167 Å². The predicted molar refractivity (Wildman–Crippen MR) is 113 cm³/mol. The van der Waals surface area contributed by atoms with E-state index >= 15 is 0 Å². The molecule has 140 valence electrons. The largest absolute Gasteiger partial charge is 0.482 e. The van der Waals surface area contributed by atoms with Gasteiger partial charge < -0.3 is 20.3 Å². The minimum atomic E-state index is 0. The lowest BCUT2D eigenvalue weighted by Crippen LogP contribution is -2.42. The first-order valence-electron chi connectivity index (χ1n) is 8.66. The molecule has 0 spiro atoms. The van der Waals surface area contributed by atoms with Crippen LogP contribution < -0.4 is 20.3 Å². The van der Waals surface area contributed by atoms with Gasteiger partial charge in [-0.3, -0.25) is 9.79 Å². The Balaban J connectivity index is 0.00000312. The van der Waals surface area contributed by atoms with Crippen LogP contribution in [0.1, 0.15) is 27.2 Å². The SMILES string of the molecule is CCNC(=NCC(C)C)NCCCN1C(=O)COc2ccccc21.I. The van der Waals surface area contributed by atoms with E-state index in [-0.39, 0.29) is 36.5 Å². The fraction of sp³-hybridized carbons (Fsp3) is 0.556. The van der Waals surface area contributed by atoms with Gasteiger partial charge in [0, 0.05) is 26.2 Å². The molecular formula is C18H29IN4O2. The van der Waals surface area contributed by atoms with Gasteiger partial charge in [-0.1, -0.05) is 26.0 Å². The van der Waals surface area contributed by atoms with E-state index in [1.54, 1.807) is 4.90 Å². The Morgan fingerprint density at radius 2 is 2.08 bits per heavy atom. The summed E-state index contributed by atoms with van der Waals surface area (Å²) in [5, 5.41) is 6.56. The molecular weight excluding hydrogens is 431 g/mol. The number of anilines is 1. The van der Waals surface area contributed by atoms with Gasteiger partial charge in [-0.25, -0.2) is 0 Å². The number of hydrogen-bond donors (Lipinski definition) is 2. The number of aliphatic imine (C=N–C) groups is 1. The van der Waals surface area contributed by atoms with E-state index in [1.807, 2.05) is 24.3 Å². The molecule has 1 heterocycles. The molecule has 0 fully saturated rings. The number of fused-ring (bicyclic) bond motifs is 1. The molecule has 0 aromatic heterocycles. The van der Waals surface area contributed by atoms with Crippen molar-refractivity contribution in [2.75, 3.05) is 37.7 Å². The summed E-state index contributed by atoms with van der Waals surface area (Å²) in [6.45, 7) is 9.51. The number of nitrogens with zero attached hydrogens (tertiary/aromatic N) is 2. The van der Waals surface area contributed by atoms with Gasteiger partial charge in [0.05, 0.1) is 5.69 Å². The number of para-hydroxylation sites is 2. The molecule has 0 saturated carbocycles. The Hall–Kier alpha value is -1.51. The average molecular weight is 460 g/mol. The molecule has 0 atom stereocenters. The van der Waals surface area contributed by atoms with Gasteiger partial charge in [-0.05, 0) is 31.4 Å². The van der Waals surface area contributed by atoms with E-state index < -0.39 is 0 Å². The van der Waals surface area contributed by atoms with Crippen LogP contribution in [0, 0.1) is 5.92 Å². The molecule has 0 saturated heterocycles. The van der Waals surface area contributed by atoms with Crippen LogP contribution in [0.25, 0.3) is 0 Å². The highest BCUT2D eigenvalue weighted by atomic mass is 127. The first kappa shape index (κ1) is 21.5. The molecule has 1 amide bonds. The normalized spacial score (nSPS) is 13.8. The first-order valence-corrected chi connectivity index (χ1v) is 8.66. The van der Waals surface area contributed by atoms with Crippen molar-refractivity contribution in [3.8, 4) is 5.75 Å². The van der Waals surface area contributed by atoms with E-state index in [0.717, 1.165) is 43.5 Å². The van der Waals surface area contributed by atoms with Crippen LogP contribution in [0.2, 0.25) is 0 Å². The Bertz CT molecular complexity index is 578. The van der Waals surface area contributed by atoms with Crippen LogP contribution in [0.5, 0.6) is 5.75 Å². The number of nitrogens with one attached hydrogen (secondary N) is 2. The Morgan fingerprint density at radius 3 is 2.80 bits per heavy atom. The van der Waals surface area contributed by atoms with E-state index in [4.69, 9.17) is 4.74 Å². The van der Waals surface area contributed by atoms with Crippen LogP contribution >= 0.6 is 24.0 Å². The van der Waals surface area contributed by atoms with Crippen molar-refractivity contribution < 1.29 is 9.53 Å². The van der Waals surface area contributed by atoms with Gasteiger partial charge in [0.2, 0.25) is 0 Å². The van der Waals surface area contributed by atoms with Crippen molar-refractivity contribution in [3.63, 3.8) is 0 Å². The van der Waals surface area contributed by atoms with Gasteiger partial charge in [-0.2, -0.15) is 0 Å². The fourth-order valence-electron chi connectivity index (χ4n) is 2.46. The van der Waals surface area contributed by atoms with Crippen LogP contribution in [0.4, 0.5) is 5.69 Å². The number of benzene rings is 1. The number of guanidine groups is 1. The summed E-state index contributed by atoms with van der Waals surface area (Å²) >= 11 is 0. The number of carbonyl (C=O) groups is 1. The van der Waals surface area contributed by atoms with Gasteiger partial charge in [0.25, 0.3) is 5.91 Å². The van der Waals surface area contributed by atoms with Gasteiger partial charge in [-0.15, -0.1) is 24.0 Å². The van der Waals surface area contributed by atoms with Crippen LogP contribution in [0.3, 0.4) is 0 Å². The molecule has 6 nitrogen and oxygen atoms in total. The van der Waals surface area contributed by atoms with Crippen molar-refractivity contribution in [3.05, 3.63) is 24.3 Å². The zero-order chi connectivity index (χ0) is 17.4. The molecule has 1 aliphatic heterocycles. The average Bonchev–Trinajstić information content (AvgIpc) is 2.57. The summed E-state index contributed by atoms with van der Waals surface area (Å²) in [4.78, 5) is 18.5. The summed E-state index contributed by atoms with van der Waals surface area (Å²) in [6.07, 6.45) is 0.839. The van der Waals surface area contributed by atoms with E-state index in [2.05, 4.69) is 36.4 Å². The van der Waals surface area contributed by atoms with Gasteiger partial charge in [0.1, 0.15) is 5.75 Å². The topological polar surface area (TPSA) is 66.0 Å². The highest BCUT2D eigenvalue weighted by molar-refractivity contribution is 14.0. The number of halogens is 1. The standard InChI is InChI=1S/C18H28N4O2.HI/c1-4-19-18(21-12-14(2)3)20-10-7-11-22-15-8-5-6-9-16(15)24-13-17(22)23;/h5-6,8-9,14H,4,7,10-13H2,1-3H3,(H2,19,20,21);1H. The van der Waals surface area contributed by atoms with Crippen molar-refractivity contribution in [1.29, 1.82) is 0 Å². The van der Waals surface area contributed by atoms with Crippen LogP contribution in [-0.2, 0) is 4.79 Å². The number of carbonyl (C=O) groups excluding carboxylic acids is 1. The number of amides is 1. The van der Waals surface area contributed by atoms with Crippen molar-refractivity contribution in [1.82, 2.24) is 10.6 Å². The molecule has 0 radical (unpaired) electrons. The third-order valence-electron chi connectivity index (χ3n) is 3.62. The summed E-state index contributed by atoms with van der Waals surface area (Å²) in [5.41, 5.74) is 0.856. The number of hydrogen-bond acceptors (Lipinski definition) is 3. The highest BCUT2D eigenvalue weighted by Crippen LogP contribution is 2.31. The summed E-state index contributed by atoms with van der Waals surface area (Å²) < 4.78 is 5.46. The Morgan fingerprint density at radius 1 is 1.32 bits per heavy atom. The summed E-state index contributed by atoms with van der Waals surface area (Å²) in [6, 6.07) is 7.67. The monoisotopic (exact) mass is 460 g/mol. The van der Waals surface area contributed by atoms with E-state index in [1.165, 1.54) is 0 Å². The molecule has 0 unspecified atom stereocenters. The van der Waals surface area contributed by atoms with Crippen molar-refractivity contribution >= 4 is 41.5 Å². The van der Waals surface area contributed by atoms with Crippen molar-refractivity contribution in [2.24, 2.45) is 10.9 Å². The lowest BCUT2D eigenvalue weighted by molar-refractivity contribution is -0.121. The molecule has 1 aliphatic rings. The predicted octanol–water partition coefficient (Wildman–Crippen LogP) is 2.63. The smallest absolute Gasteiger partial charge is 0.265 e. The van der Waals surface area contributed by atoms with E-state index in [9.17, 15) is 4.79 Å². The quantitative estimate of drug-likeness (QED) is 0.284. The number of rotatable bonds is 7. The molecule has 2 rings (SSSR count). The maximum atomic E-state index is 12.1. The minimum Gasteiger partial charge on any atom is -0.482 e. The fourth-order valence-corrected chi connectivity index (χ4v) is 2.46. The molecule has 7 heteroatoms. The lowest BCUT2D eigenvalue weighted by Gasteiger charge is -2.29. The minimum absolute atomic E-state index is 0. The molecule has 1 aromatic rings. The molecule has 1 aromatic carbocycles. The molecule has 25 heavy (non-hydrogen) atoms. The Kier molecular flexibility index (Phi) is 9.62. The van der Waals surface area contributed by atoms with Gasteiger partial charge in [0.15, 0.2) is 12.6 Å². The van der Waals surface area contributed by atoms with Crippen molar-refractivity contribution in [2.45, 2.75) is 27.2 Å². The van der Waals surface area contributed by atoms with E-state index in [0.29, 0.717) is 12.5 Å². The molecule has 2 N–H and O–H groups in total.